The molecule has 0 bridgehead atoms. The summed E-state index contributed by atoms with van der Waals surface area (Å²) in [5.41, 5.74) is 6.28. The third-order valence-electron chi connectivity index (χ3n) is 2.79. The lowest BCUT2D eigenvalue weighted by Gasteiger charge is -1.98. The number of rotatable bonds is 4. The molecule has 0 amide bonds. The number of nitrogens with zero attached hydrogens (tertiary/aromatic N) is 3. The highest BCUT2D eigenvalue weighted by atomic mass is 32.2. The van der Waals surface area contributed by atoms with E-state index in [2.05, 4.69) is 15.1 Å². The summed E-state index contributed by atoms with van der Waals surface area (Å²) in [6.45, 7) is 0.612. The van der Waals surface area contributed by atoms with Crippen LogP contribution in [0.4, 0.5) is 0 Å². The number of nitrogens with two attached hydrogens (primary N) is 1. The highest BCUT2D eigenvalue weighted by molar-refractivity contribution is 7.99. The van der Waals surface area contributed by atoms with Crippen LogP contribution in [0, 0.1) is 0 Å². The first-order valence-corrected chi connectivity index (χ1v) is 7.89. The van der Waals surface area contributed by atoms with Crippen molar-refractivity contribution in [3.63, 3.8) is 0 Å². The zero-order chi connectivity index (χ0) is 12.4. The summed E-state index contributed by atoms with van der Waals surface area (Å²) in [6, 6.07) is 0. The van der Waals surface area contributed by atoms with Gasteiger partial charge in [0.15, 0.2) is 5.82 Å². The maximum Gasteiger partial charge on any atom is 0.277 e. The predicted octanol–water partition coefficient (Wildman–Crippen LogP) is 2.26. The van der Waals surface area contributed by atoms with E-state index in [1.165, 1.54) is 12.2 Å². The Balaban J connectivity index is 1.78. The number of aromatic nitrogens is 3. The van der Waals surface area contributed by atoms with E-state index in [9.17, 15) is 0 Å². The van der Waals surface area contributed by atoms with Crippen LogP contribution in [0.15, 0.2) is 9.90 Å². The van der Waals surface area contributed by atoms with E-state index >= 15 is 0 Å². The van der Waals surface area contributed by atoms with Crippen LogP contribution in [0.3, 0.4) is 0 Å². The van der Waals surface area contributed by atoms with Crippen LogP contribution in [-0.4, -0.2) is 27.4 Å². The molecule has 1 saturated heterocycles. The van der Waals surface area contributed by atoms with E-state index in [0.717, 1.165) is 29.4 Å². The van der Waals surface area contributed by atoms with Crippen molar-refractivity contribution in [2.24, 2.45) is 5.73 Å². The Labute approximate surface area is 113 Å². The number of thiazole rings is 1. The van der Waals surface area contributed by atoms with Crippen LogP contribution in [-0.2, 0) is 6.42 Å². The lowest BCUT2D eigenvalue weighted by Crippen LogP contribution is -2.01. The van der Waals surface area contributed by atoms with Crippen molar-refractivity contribution in [1.82, 2.24) is 15.1 Å². The molecule has 2 aromatic heterocycles. The summed E-state index contributed by atoms with van der Waals surface area (Å²) < 4.78 is 5.29. The SMILES string of the molecule is NCCc1nc(-c2nc(C3CCCS3)no2)cs1. The van der Waals surface area contributed by atoms with E-state index in [4.69, 9.17) is 10.3 Å². The molecule has 1 fully saturated rings. The average Bonchev–Trinajstić information content (AvgIpc) is 3.10. The Hall–Kier alpha value is -0.920. The molecule has 7 heteroatoms. The third kappa shape index (κ3) is 2.43. The van der Waals surface area contributed by atoms with E-state index in [1.54, 1.807) is 11.3 Å². The van der Waals surface area contributed by atoms with Crippen LogP contribution >= 0.6 is 23.1 Å². The Morgan fingerprint density at radius 3 is 3.17 bits per heavy atom. The van der Waals surface area contributed by atoms with Crippen molar-refractivity contribution < 1.29 is 4.52 Å². The van der Waals surface area contributed by atoms with Gasteiger partial charge in [-0.05, 0) is 25.1 Å². The number of hydrogen-bond acceptors (Lipinski definition) is 7. The molecule has 0 aromatic carbocycles. The molecule has 1 unspecified atom stereocenters. The molecule has 5 nitrogen and oxygen atoms in total. The summed E-state index contributed by atoms with van der Waals surface area (Å²) in [6.07, 6.45) is 3.17. The van der Waals surface area contributed by atoms with Crippen LogP contribution in [0.2, 0.25) is 0 Å². The smallest absolute Gasteiger partial charge is 0.277 e. The van der Waals surface area contributed by atoms with E-state index in [1.807, 2.05) is 17.1 Å². The van der Waals surface area contributed by atoms with Gasteiger partial charge in [-0.25, -0.2) is 4.98 Å². The fraction of sp³-hybridized carbons (Fsp3) is 0.545. The van der Waals surface area contributed by atoms with Crippen molar-refractivity contribution >= 4 is 23.1 Å². The summed E-state index contributed by atoms with van der Waals surface area (Å²) in [5.74, 6) is 2.52. The van der Waals surface area contributed by atoms with Crippen LogP contribution < -0.4 is 5.73 Å². The first-order chi connectivity index (χ1) is 8.86. The normalized spacial score (nSPS) is 19.5. The summed E-state index contributed by atoms with van der Waals surface area (Å²) in [5, 5.41) is 7.42. The molecule has 1 aliphatic rings. The zero-order valence-electron chi connectivity index (χ0n) is 9.83. The van der Waals surface area contributed by atoms with Gasteiger partial charge in [-0.2, -0.15) is 16.7 Å². The highest BCUT2D eigenvalue weighted by Gasteiger charge is 2.23. The van der Waals surface area contributed by atoms with Gasteiger partial charge in [-0.3, -0.25) is 0 Å². The van der Waals surface area contributed by atoms with Crippen molar-refractivity contribution in [3.8, 4) is 11.6 Å². The van der Waals surface area contributed by atoms with Crippen molar-refractivity contribution in [2.75, 3.05) is 12.3 Å². The molecule has 2 N–H and O–H groups in total. The highest BCUT2D eigenvalue weighted by Crippen LogP contribution is 2.38. The molecule has 1 aliphatic heterocycles. The predicted molar refractivity (Wildman–Crippen MR) is 72.6 cm³/mol. The molecule has 18 heavy (non-hydrogen) atoms. The quantitative estimate of drug-likeness (QED) is 0.926. The summed E-state index contributed by atoms with van der Waals surface area (Å²) >= 11 is 3.48. The fourth-order valence-electron chi connectivity index (χ4n) is 1.90. The second kappa shape index (κ2) is 5.38. The number of thioether (sulfide) groups is 1. The van der Waals surface area contributed by atoms with Crippen LogP contribution in [0.1, 0.15) is 28.9 Å². The Kier molecular flexibility index (Phi) is 3.62. The van der Waals surface area contributed by atoms with E-state index < -0.39 is 0 Å². The molecule has 1 atom stereocenters. The van der Waals surface area contributed by atoms with E-state index in [0.29, 0.717) is 17.7 Å². The Morgan fingerprint density at radius 2 is 2.39 bits per heavy atom. The molecule has 3 rings (SSSR count). The molecule has 96 valence electrons. The molecular formula is C11H14N4OS2. The van der Waals surface area contributed by atoms with Gasteiger partial charge in [-0.1, -0.05) is 5.16 Å². The molecular weight excluding hydrogens is 268 g/mol. The van der Waals surface area contributed by atoms with Gasteiger partial charge < -0.3 is 10.3 Å². The second-order valence-electron chi connectivity index (χ2n) is 4.12. The standard InChI is InChI=1S/C11H14N4OS2/c12-4-3-9-13-7(6-18-9)11-14-10(15-16-11)8-2-1-5-17-8/h6,8H,1-5,12H2. The monoisotopic (exact) mass is 282 g/mol. The minimum absolute atomic E-state index is 0.393. The van der Waals surface area contributed by atoms with Gasteiger partial charge in [0.25, 0.3) is 5.89 Å². The maximum absolute atomic E-state index is 5.51. The second-order valence-corrected chi connectivity index (χ2v) is 6.38. The first kappa shape index (κ1) is 12.1. The van der Waals surface area contributed by atoms with E-state index in [-0.39, 0.29) is 0 Å². The molecule has 0 aliphatic carbocycles. The van der Waals surface area contributed by atoms with Gasteiger partial charge >= 0.3 is 0 Å². The third-order valence-corrected chi connectivity index (χ3v) is 5.07. The molecule has 0 saturated carbocycles. The molecule has 3 heterocycles. The summed E-state index contributed by atoms with van der Waals surface area (Å²) in [4.78, 5) is 8.90. The molecule has 0 radical (unpaired) electrons. The largest absolute Gasteiger partial charge is 0.332 e. The Morgan fingerprint density at radius 1 is 1.44 bits per heavy atom. The van der Waals surface area contributed by atoms with Gasteiger partial charge in [0.05, 0.1) is 10.3 Å². The van der Waals surface area contributed by atoms with Gasteiger partial charge in [-0.15, -0.1) is 11.3 Å². The zero-order valence-corrected chi connectivity index (χ0v) is 11.5. The van der Waals surface area contributed by atoms with Crippen LogP contribution in [0.25, 0.3) is 11.6 Å². The fourth-order valence-corrected chi connectivity index (χ4v) is 3.88. The minimum atomic E-state index is 0.393. The topological polar surface area (TPSA) is 77.8 Å². The molecule has 2 aromatic rings. The first-order valence-electron chi connectivity index (χ1n) is 5.97. The van der Waals surface area contributed by atoms with Crippen molar-refractivity contribution in [3.05, 3.63) is 16.2 Å². The lowest BCUT2D eigenvalue weighted by atomic mass is 10.2. The average molecular weight is 282 g/mol. The maximum atomic E-state index is 5.51. The van der Waals surface area contributed by atoms with Gasteiger partial charge in [0.2, 0.25) is 0 Å². The van der Waals surface area contributed by atoms with Crippen LogP contribution in [0.5, 0.6) is 0 Å². The minimum Gasteiger partial charge on any atom is -0.332 e. The molecule has 0 spiro atoms. The van der Waals surface area contributed by atoms with Gasteiger partial charge in [0, 0.05) is 11.8 Å². The number of hydrogen-bond donors (Lipinski definition) is 1. The summed E-state index contributed by atoms with van der Waals surface area (Å²) in [7, 11) is 0. The van der Waals surface area contributed by atoms with Gasteiger partial charge in [0.1, 0.15) is 5.69 Å². The Bertz CT molecular complexity index is 519. The van der Waals surface area contributed by atoms with Crippen molar-refractivity contribution in [1.29, 1.82) is 0 Å². The van der Waals surface area contributed by atoms with Crippen molar-refractivity contribution in [2.45, 2.75) is 24.5 Å². The lowest BCUT2D eigenvalue weighted by molar-refractivity contribution is 0.420.